The van der Waals surface area contributed by atoms with Gasteiger partial charge in [0, 0.05) is 18.1 Å². The Kier molecular flexibility index (Phi) is 5.17. The minimum Gasteiger partial charge on any atom is -0.398 e. The van der Waals surface area contributed by atoms with Crippen molar-refractivity contribution in [2.75, 3.05) is 18.8 Å². The van der Waals surface area contributed by atoms with Gasteiger partial charge in [-0.3, -0.25) is 0 Å². The number of nitrogen functional groups attached to an aromatic ring is 1. The van der Waals surface area contributed by atoms with Gasteiger partial charge in [-0.05, 0) is 49.3 Å². The van der Waals surface area contributed by atoms with E-state index in [1.54, 1.807) is 10.4 Å². The molecule has 0 aliphatic carbocycles. The maximum atomic E-state index is 12.8. The van der Waals surface area contributed by atoms with Crippen LogP contribution in [-0.4, -0.2) is 25.8 Å². The summed E-state index contributed by atoms with van der Waals surface area (Å²) in [5, 5.41) is 0.446. The molecule has 0 saturated carbocycles. The van der Waals surface area contributed by atoms with Crippen molar-refractivity contribution in [2.24, 2.45) is 11.8 Å². The molecular formula is C15H23ClN2O2S. The number of nitrogens with zero attached hydrogens (tertiary/aromatic N) is 1. The average molecular weight is 331 g/mol. The van der Waals surface area contributed by atoms with Crippen LogP contribution in [0.5, 0.6) is 0 Å². The molecule has 1 aromatic carbocycles. The summed E-state index contributed by atoms with van der Waals surface area (Å²) in [5.74, 6) is 1.18. The summed E-state index contributed by atoms with van der Waals surface area (Å²) in [4.78, 5) is 0.162. The van der Waals surface area contributed by atoms with Crippen molar-refractivity contribution < 1.29 is 8.42 Å². The predicted molar refractivity (Wildman–Crippen MR) is 86.8 cm³/mol. The van der Waals surface area contributed by atoms with E-state index in [0.29, 0.717) is 29.9 Å². The summed E-state index contributed by atoms with van der Waals surface area (Å²) in [7, 11) is -3.53. The molecule has 0 aromatic heterocycles. The Morgan fingerprint density at radius 3 is 2.62 bits per heavy atom. The zero-order chi connectivity index (χ0) is 15.6. The minimum atomic E-state index is -3.53. The van der Waals surface area contributed by atoms with E-state index in [4.69, 9.17) is 17.3 Å². The average Bonchev–Trinajstić information content (AvgIpc) is 2.64. The van der Waals surface area contributed by atoms with Gasteiger partial charge in [-0.1, -0.05) is 25.4 Å². The summed E-state index contributed by atoms with van der Waals surface area (Å²) in [5.41, 5.74) is 6.05. The van der Waals surface area contributed by atoms with Crippen LogP contribution >= 0.6 is 11.6 Å². The second-order valence-corrected chi connectivity index (χ2v) is 8.36. The Hall–Kier alpha value is -0.780. The van der Waals surface area contributed by atoms with E-state index in [2.05, 4.69) is 13.8 Å². The van der Waals surface area contributed by atoms with Crippen molar-refractivity contribution in [1.82, 2.24) is 4.31 Å². The van der Waals surface area contributed by atoms with Crippen LogP contribution in [0.2, 0.25) is 5.02 Å². The van der Waals surface area contributed by atoms with Gasteiger partial charge in [0.15, 0.2) is 0 Å². The fraction of sp³-hybridized carbons (Fsp3) is 0.600. The highest BCUT2D eigenvalue weighted by Crippen LogP contribution is 2.30. The number of sulfonamides is 1. The molecule has 1 aliphatic heterocycles. The van der Waals surface area contributed by atoms with Gasteiger partial charge in [0.25, 0.3) is 0 Å². The van der Waals surface area contributed by atoms with Gasteiger partial charge >= 0.3 is 0 Å². The van der Waals surface area contributed by atoms with Crippen molar-refractivity contribution in [3.05, 3.63) is 23.2 Å². The van der Waals surface area contributed by atoms with Crippen LogP contribution < -0.4 is 5.73 Å². The lowest BCUT2D eigenvalue weighted by atomic mass is 9.89. The Bertz CT molecular complexity index is 602. The summed E-state index contributed by atoms with van der Waals surface area (Å²) >= 11 is 5.84. The lowest BCUT2D eigenvalue weighted by Crippen LogP contribution is -2.32. The van der Waals surface area contributed by atoms with E-state index in [-0.39, 0.29) is 10.6 Å². The normalized spacial score (nSPS) is 21.4. The van der Waals surface area contributed by atoms with E-state index >= 15 is 0 Å². The summed E-state index contributed by atoms with van der Waals surface area (Å²) in [6.45, 7) is 5.53. The summed E-state index contributed by atoms with van der Waals surface area (Å²) < 4.78 is 27.1. The zero-order valence-electron chi connectivity index (χ0n) is 12.5. The molecule has 0 radical (unpaired) electrons. The molecular weight excluding hydrogens is 308 g/mol. The number of benzene rings is 1. The van der Waals surface area contributed by atoms with Gasteiger partial charge < -0.3 is 5.73 Å². The van der Waals surface area contributed by atoms with E-state index in [1.165, 1.54) is 12.1 Å². The van der Waals surface area contributed by atoms with Crippen LogP contribution in [0.25, 0.3) is 0 Å². The number of hydrogen-bond acceptors (Lipinski definition) is 3. The molecule has 1 heterocycles. The SMILES string of the molecule is CC(C)C1CCCN(S(=O)(=O)c2ccc(Cl)cc2N)CC1. The number of nitrogens with two attached hydrogens (primary N) is 1. The van der Waals surface area contributed by atoms with Gasteiger partial charge in [-0.25, -0.2) is 8.42 Å². The first-order valence-corrected chi connectivity index (χ1v) is 9.19. The molecule has 1 atom stereocenters. The lowest BCUT2D eigenvalue weighted by molar-refractivity contribution is 0.341. The van der Waals surface area contributed by atoms with Gasteiger partial charge in [-0.2, -0.15) is 4.31 Å². The molecule has 1 unspecified atom stereocenters. The highest BCUT2D eigenvalue weighted by Gasteiger charge is 2.29. The molecule has 1 aliphatic rings. The topological polar surface area (TPSA) is 63.4 Å². The fourth-order valence-electron chi connectivity index (χ4n) is 2.90. The van der Waals surface area contributed by atoms with Crippen molar-refractivity contribution >= 4 is 27.3 Å². The Morgan fingerprint density at radius 1 is 1.29 bits per heavy atom. The third-order valence-electron chi connectivity index (χ3n) is 4.26. The van der Waals surface area contributed by atoms with Gasteiger partial charge in [-0.15, -0.1) is 0 Å². The number of anilines is 1. The van der Waals surface area contributed by atoms with E-state index < -0.39 is 10.0 Å². The van der Waals surface area contributed by atoms with E-state index in [9.17, 15) is 8.42 Å². The number of rotatable bonds is 3. The van der Waals surface area contributed by atoms with Crippen LogP contribution in [0.4, 0.5) is 5.69 Å². The monoisotopic (exact) mass is 330 g/mol. The quantitative estimate of drug-likeness (QED) is 0.864. The lowest BCUT2D eigenvalue weighted by Gasteiger charge is -2.22. The molecule has 4 nitrogen and oxygen atoms in total. The standard InChI is InChI=1S/C15H23ClN2O2S/c1-11(2)12-4-3-8-18(9-7-12)21(19,20)15-6-5-13(16)10-14(15)17/h5-6,10-12H,3-4,7-9,17H2,1-2H3. The molecule has 6 heteroatoms. The van der Waals surface area contributed by atoms with Crippen molar-refractivity contribution in [2.45, 2.75) is 38.0 Å². The van der Waals surface area contributed by atoms with Crippen LogP contribution in [0, 0.1) is 11.8 Å². The molecule has 0 bridgehead atoms. The minimum absolute atomic E-state index is 0.162. The Morgan fingerprint density at radius 2 is 2.00 bits per heavy atom. The largest absolute Gasteiger partial charge is 0.398 e. The van der Waals surface area contributed by atoms with Gasteiger partial charge in [0.05, 0.1) is 5.69 Å². The van der Waals surface area contributed by atoms with Crippen molar-refractivity contribution in [3.63, 3.8) is 0 Å². The predicted octanol–water partition coefficient (Wildman–Crippen LogP) is 3.37. The molecule has 0 amide bonds. The van der Waals surface area contributed by atoms with E-state index in [1.807, 2.05) is 0 Å². The molecule has 0 spiro atoms. The van der Waals surface area contributed by atoms with Crippen molar-refractivity contribution in [1.29, 1.82) is 0 Å². The maximum Gasteiger partial charge on any atom is 0.245 e. The Balaban J connectivity index is 2.23. The van der Waals surface area contributed by atoms with Gasteiger partial charge in [0.1, 0.15) is 4.90 Å². The molecule has 1 saturated heterocycles. The fourth-order valence-corrected chi connectivity index (χ4v) is 4.67. The van der Waals surface area contributed by atoms with Crippen LogP contribution in [0.1, 0.15) is 33.1 Å². The number of halogens is 1. The molecule has 1 fully saturated rings. The van der Waals surface area contributed by atoms with Crippen molar-refractivity contribution in [3.8, 4) is 0 Å². The summed E-state index contributed by atoms with van der Waals surface area (Å²) in [6, 6.07) is 4.56. The number of hydrogen-bond donors (Lipinski definition) is 1. The third-order valence-corrected chi connectivity index (χ3v) is 6.47. The van der Waals surface area contributed by atoms with E-state index in [0.717, 1.165) is 19.3 Å². The summed E-state index contributed by atoms with van der Waals surface area (Å²) in [6.07, 6.45) is 2.89. The molecule has 2 rings (SSSR count). The molecule has 2 N–H and O–H groups in total. The smallest absolute Gasteiger partial charge is 0.245 e. The van der Waals surface area contributed by atoms with Crippen LogP contribution in [0.15, 0.2) is 23.1 Å². The highest BCUT2D eigenvalue weighted by atomic mass is 35.5. The second kappa shape index (κ2) is 6.55. The first-order chi connectivity index (χ1) is 9.82. The first-order valence-electron chi connectivity index (χ1n) is 7.37. The first kappa shape index (κ1) is 16.6. The third kappa shape index (κ3) is 3.71. The molecule has 118 valence electrons. The van der Waals surface area contributed by atoms with Crippen LogP contribution in [0.3, 0.4) is 0 Å². The maximum absolute atomic E-state index is 12.8. The zero-order valence-corrected chi connectivity index (χ0v) is 14.1. The molecule has 21 heavy (non-hydrogen) atoms. The van der Waals surface area contributed by atoms with Crippen LogP contribution in [-0.2, 0) is 10.0 Å². The Labute approximate surface area is 132 Å². The van der Waals surface area contributed by atoms with Gasteiger partial charge in [0.2, 0.25) is 10.0 Å². The highest BCUT2D eigenvalue weighted by molar-refractivity contribution is 7.89. The molecule has 1 aromatic rings. The second-order valence-electron chi connectivity index (χ2n) is 6.02.